The van der Waals surface area contributed by atoms with Gasteiger partial charge in [0, 0.05) is 0 Å². The number of hydrogen-bond acceptors (Lipinski definition) is 5. The Balaban J connectivity index is 2.15. The van der Waals surface area contributed by atoms with E-state index in [4.69, 9.17) is 4.74 Å². The van der Waals surface area contributed by atoms with Crippen molar-refractivity contribution in [3.8, 4) is 11.5 Å². The molecule has 0 saturated carbocycles. The van der Waals surface area contributed by atoms with E-state index in [0.717, 1.165) is 5.56 Å². The Hall–Kier alpha value is -2.37. The summed E-state index contributed by atoms with van der Waals surface area (Å²) in [5.41, 5.74) is 0.751. The van der Waals surface area contributed by atoms with Crippen LogP contribution in [0.4, 0.5) is 0 Å². The summed E-state index contributed by atoms with van der Waals surface area (Å²) in [5, 5.41) is 17.5. The van der Waals surface area contributed by atoms with E-state index in [1.165, 1.54) is 17.4 Å². The lowest BCUT2D eigenvalue weighted by molar-refractivity contribution is 0.318. The Morgan fingerprint density at radius 2 is 2.41 bits per heavy atom. The van der Waals surface area contributed by atoms with Crippen molar-refractivity contribution in [2.45, 2.75) is 6.92 Å². The van der Waals surface area contributed by atoms with E-state index in [-0.39, 0.29) is 5.75 Å². The molecule has 88 valence electrons. The van der Waals surface area contributed by atoms with Crippen molar-refractivity contribution < 1.29 is 9.84 Å². The van der Waals surface area contributed by atoms with Gasteiger partial charge in [0.15, 0.2) is 11.5 Å². The molecule has 0 unspecified atom stereocenters. The van der Waals surface area contributed by atoms with Crippen LogP contribution < -0.4 is 4.74 Å². The molecule has 17 heavy (non-hydrogen) atoms. The highest BCUT2D eigenvalue weighted by atomic mass is 16.5. The maximum Gasteiger partial charge on any atom is 0.160 e. The Bertz CT molecular complexity index is 508. The largest absolute Gasteiger partial charge is 0.504 e. The van der Waals surface area contributed by atoms with Crippen molar-refractivity contribution in [1.29, 1.82) is 0 Å². The molecular weight excluding hydrogens is 220 g/mol. The molecule has 0 spiro atoms. The topological polar surface area (TPSA) is 72.5 Å². The highest BCUT2D eigenvalue weighted by Crippen LogP contribution is 2.25. The number of aromatic nitrogens is 3. The molecule has 0 saturated heterocycles. The van der Waals surface area contributed by atoms with Gasteiger partial charge in [-0.15, -0.1) is 9.89 Å². The standard InChI is InChI=1S/C11H12N4O2/c1-2-17-11-4-3-9(5-10(11)16)6-13-15-8-12-7-14-15/h3-8,16H,2H2,1H3/b13-6-. The summed E-state index contributed by atoms with van der Waals surface area (Å²) < 4.78 is 5.22. The van der Waals surface area contributed by atoms with Gasteiger partial charge in [-0.1, -0.05) is 0 Å². The summed E-state index contributed by atoms with van der Waals surface area (Å²) >= 11 is 0. The molecule has 0 aliphatic carbocycles. The first-order valence-electron chi connectivity index (χ1n) is 5.14. The molecule has 1 aromatic carbocycles. The second kappa shape index (κ2) is 5.11. The normalized spacial score (nSPS) is 10.9. The first kappa shape index (κ1) is 11.1. The van der Waals surface area contributed by atoms with Crippen LogP contribution in [0.1, 0.15) is 12.5 Å². The minimum atomic E-state index is 0.0920. The van der Waals surface area contributed by atoms with Gasteiger partial charge < -0.3 is 9.84 Å². The SMILES string of the molecule is CCOc1ccc(/C=N\n2cncn2)cc1O. The van der Waals surface area contributed by atoms with E-state index in [9.17, 15) is 5.11 Å². The minimum Gasteiger partial charge on any atom is -0.504 e. The second-order valence-corrected chi connectivity index (χ2v) is 3.22. The van der Waals surface area contributed by atoms with E-state index in [2.05, 4.69) is 15.2 Å². The van der Waals surface area contributed by atoms with Gasteiger partial charge in [-0.2, -0.15) is 5.10 Å². The smallest absolute Gasteiger partial charge is 0.160 e. The summed E-state index contributed by atoms with van der Waals surface area (Å²) in [6.45, 7) is 2.37. The van der Waals surface area contributed by atoms with Gasteiger partial charge in [0.2, 0.25) is 0 Å². The van der Waals surface area contributed by atoms with Gasteiger partial charge in [0.1, 0.15) is 12.7 Å². The molecule has 0 atom stereocenters. The Labute approximate surface area is 98.2 Å². The first-order chi connectivity index (χ1) is 8.29. The second-order valence-electron chi connectivity index (χ2n) is 3.22. The van der Waals surface area contributed by atoms with Crippen molar-refractivity contribution in [3.63, 3.8) is 0 Å². The lowest BCUT2D eigenvalue weighted by Crippen LogP contribution is -1.93. The molecule has 0 amide bonds. The third-order valence-electron chi connectivity index (χ3n) is 2.01. The summed E-state index contributed by atoms with van der Waals surface area (Å²) in [5.74, 6) is 0.555. The van der Waals surface area contributed by atoms with Gasteiger partial charge >= 0.3 is 0 Å². The zero-order valence-electron chi connectivity index (χ0n) is 9.32. The average Bonchev–Trinajstić information content (AvgIpc) is 2.83. The predicted molar refractivity (Wildman–Crippen MR) is 62.3 cm³/mol. The van der Waals surface area contributed by atoms with Crippen molar-refractivity contribution in [1.82, 2.24) is 14.9 Å². The molecule has 1 heterocycles. The lowest BCUT2D eigenvalue weighted by Gasteiger charge is -2.05. The predicted octanol–water partition coefficient (Wildman–Crippen LogP) is 1.26. The van der Waals surface area contributed by atoms with Gasteiger partial charge in [0.25, 0.3) is 0 Å². The summed E-state index contributed by atoms with van der Waals surface area (Å²) in [6.07, 6.45) is 4.45. The van der Waals surface area contributed by atoms with Crippen LogP contribution in [0.15, 0.2) is 36.0 Å². The van der Waals surface area contributed by atoms with Crippen LogP contribution in [-0.2, 0) is 0 Å². The van der Waals surface area contributed by atoms with E-state index in [0.29, 0.717) is 12.4 Å². The molecule has 2 aromatic rings. The number of nitrogens with zero attached hydrogens (tertiary/aromatic N) is 4. The third-order valence-corrected chi connectivity index (χ3v) is 2.01. The van der Waals surface area contributed by atoms with Gasteiger partial charge in [-0.3, -0.25) is 0 Å². The zero-order valence-corrected chi connectivity index (χ0v) is 9.32. The van der Waals surface area contributed by atoms with Gasteiger partial charge in [-0.05, 0) is 30.7 Å². The van der Waals surface area contributed by atoms with E-state index in [1.54, 1.807) is 24.4 Å². The third kappa shape index (κ3) is 2.81. The molecule has 0 bridgehead atoms. The van der Waals surface area contributed by atoms with Crippen molar-refractivity contribution >= 4 is 6.21 Å². The molecule has 6 heteroatoms. The Morgan fingerprint density at radius 3 is 3.06 bits per heavy atom. The number of ether oxygens (including phenoxy) is 1. The average molecular weight is 232 g/mol. The van der Waals surface area contributed by atoms with Crippen molar-refractivity contribution in [2.24, 2.45) is 5.10 Å². The molecule has 0 radical (unpaired) electrons. The molecule has 6 nitrogen and oxygen atoms in total. The van der Waals surface area contributed by atoms with Crippen molar-refractivity contribution in [2.75, 3.05) is 6.61 Å². The van der Waals surface area contributed by atoms with Gasteiger partial charge in [0.05, 0.1) is 12.8 Å². The Morgan fingerprint density at radius 1 is 1.53 bits per heavy atom. The number of phenols is 1. The van der Waals surface area contributed by atoms with Crippen LogP contribution in [0, 0.1) is 0 Å². The summed E-state index contributed by atoms with van der Waals surface area (Å²) in [7, 11) is 0. The van der Waals surface area contributed by atoms with Crippen LogP contribution in [0.25, 0.3) is 0 Å². The van der Waals surface area contributed by atoms with Crippen LogP contribution in [0.5, 0.6) is 11.5 Å². The molecular formula is C11H12N4O2. The van der Waals surface area contributed by atoms with E-state index in [1.807, 2.05) is 6.92 Å². The molecule has 1 aromatic heterocycles. The highest BCUT2D eigenvalue weighted by Gasteiger charge is 2.01. The molecule has 0 fully saturated rings. The fraction of sp³-hybridized carbons (Fsp3) is 0.182. The molecule has 1 N–H and O–H groups in total. The number of hydrogen-bond donors (Lipinski definition) is 1. The van der Waals surface area contributed by atoms with Crippen LogP contribution in [-0.4, -0.2) is 32.8 Å². The minimum absolute atomic E-state index is 0.0920. The summed E-state index contributed by atoms with van der Waals surface area (Å²) in [6, 6.07) is 5.07. The summed E-state index contributed by atoms with van der Waals surface area (Å²) in [4.78, 5) is 5.09. The number of rotatable bonds is 4. The highest BCUT2D eigenvalue weighted by molar-refractivity contribution is 5.80. The Kier molecular flexibility index (Phi) is 3.34. The van der Waals surface area contributed by atoms with Crippen LogP contribution in [0.3, 0.4) is 0 Å². The number of aromatic hydroxyl groups is 1. The van der Waals surface area contributed by atoms with E-state index < -0.39 is 0 Å². The fourth-order valence-corrected chi connectivity index (χ4v) is 1.28. The fourth-order valence-electron chi connectivity index (χ4n) is 1.28. The molecule has 0 aliphatic rings. The maximum atomic E-state index is 9.66. The van der Waals surface area contributed by atoms with Crippen molar-refractivity contribution in [3.05, 3.63) is 36.4 Å². The number of benzene rings is 1. The lowest BCUT2D eigenvalue weighted by atomic mass is 10.2. The number of phenolic OH excluding ortho intramolecular Hbond substituents is 1. The first-order valence-corrected chi connectivity index (χ1v) is 5.14. The monoisotopic (exact) mass is 232 g/mol. The van der Waals surface area contributed by atoms with Crippen LogP contribution in [0.2, 0.25) is 0 Å². The quantitative estimate of drug-likeness (QED) is 0.805. The zero-order chi connectivity index (χ0) is 12.1. The molecule has 0 aliphatic heterocycles. The van der Waals surface area contributed by atoms with E-state index >= 15 is 0 Å². The maximum absolute atomic E-state index is 9.66. The van der Waals surface area contributed by atoms with Crippen LogP contribution >= 0.6 is 0 Å². The molecule has 2 rings (SSSR count). The van der Waals surface area contributed by atoms with Gasteiger partial charge in [-0.25, -0.2) is 4.98 Å².